The predicted octanol–water partition coefficient (Wildman–Crippen LogP) is 2.75. The number of hydrogen-bond donors (Lipinski definition) is 1. The van der Waals surface area contributed by atoms with E-state index in [-0.39, 0.29) is 17.2 Å². The molecule has 0 radical (unpaired) electrons. The number of imidazole rings is 1. The summed E-state index contributed by atoms with van der Waals surface area (Å²) in [5, 5.41) is 0. The Labute approximate surface area is 171 Å². The van der Waals surface area contributed by atoms with Crippen LogP contribution in [0.4, 0.5) is 0 Å². The molecule has 7 heteroatoms. The fourth-order valence-electron chi connectivity index (χ4n) is 4.75. The third kappa shape index (κ3) is 4.15. The second kappa shape index (κ2) is 8.14. The van der Waals surface area contributed by atoms with Crippen LogP contribution in [0.3, 0.4) is 0 Å². The predicted molar refractivity (Wildman–Crippen MR) is 111 cm³/mol. The molecule has 1 aromatic heterocycles. The molecule has 2 amide bonds. The molecule has 2 aliphatic heterocycles. The molecule has 2 aliphatic rings. The SMILES string of the molecule is COCCCN1CC2(CCC1=O)CCN(C(=O)c1ccc3nc(C)[nH]c3c1)CC2. The first-order chi connectivity index (χ1) is 14.0. The Morgan fingerprint density at radius 2 is 2.07 bits per heavy atom. The van der Waals surface area contributed by atoms with Crippen molar-refractivity contribution in [1.29, 1.82) is 0 Å². The number of benzene rings is 1. The minimum atomic E-state index is 0.0813. The highest BCUT2D eigenvalue weighted by Crippen LogP contribution is 2.40. The average molecular weight is 399 g/mol. The summed E-state index contributed by atoms with van der Waals surface area (Å²) < 4.78 is 5.13. The molecule has 156 valence electrons. The molecular weight excluding hydrogens is 368 g/mol. The summed E-state index contributed by atoms with van der Waals surface area (Å²) >= 11 is 0. The molecular formula is C22H30N4O3. The molecule has 1 N–H and O–H groups in total. The number of carbonyl (C=O) groups excluding carboxylic acids is 2. The lowest BCUT2D eigenvalue weighted by Crippen LogP contribution is -2.52. The number of aryl methyl sites for hydroxylation is 1. The van der Waals surface area contributed by atoms with E-state index in [1.54, 1.807) is 7.11 Å². The first-order valence-electron chi connectivity index (χ1n) is 10.5. The van der Waals surface area contributed by atoms with Gasteiger partial charge in [-0.2, -0.15) is 0 Å². The van der Waals surface area contributed by atoms with Crippen molar-refractivity contribution in [3.05, 3.63) is 29.6 Å². The van der Waals surface area contributed by atoms with Gasteiger partial charge < -0.3 is 19.5 Å². The Bertz CT molecular complexity index is 899. The summed E-state index contributed by atoms with van der Waals surface area (Å²) in [6.45, 7) is 5.67. The number of hydrogen-bond acceptors (Lipinski definition) is 4. The van der Waals surface area contributed by atoms with Gasteiger partial charge in [0.25, 0.3) is 5.91 Å². The van der Waals surface area contributed by atoms with Gasteiger partial charge in [-0.3, -0.25) is 9.59 Å². The van der Waals surface area contributed by atoms with Crippen molar-refractivity contribution in [2.45, 2.75) is 39.0 Å². The normalized spacial score (nSPS) is 19.3. The van der Waals surface area contributed by atoms with Crippen molar-refractivity contribution < 1.29 is 14.3 Å². The van der Waals surface area contributed by atoms with Crippen molar-refractivity contribution in [1.82, 2.24) is 19.8 Å². The van der Waals surface area contributed by atoms with Gasteiger partial charge >= 0.3 is 0 Å². The number of nitrogens with one attached hydrogen (secondary N) is 1. The van der Waals surface area contributed by atoms with E-state index in [2.05, 4.69) is 9.97 Å². The minimum Gasteiger partial charge on any atom is -0.385 e. The largest absolute Gasteiger partial charge is 0.385 e. The molecule has 29 heavy (non-hydrogen) atoms. The lowest BCUT2D eigenvalue weighted by molar-refractivity contribution is -0.139. The maximum Gasteiger partial charge on any atom is 0.253 e. The van der Waals surface area contributed by atoms with Gasteiger partial charge in [-0.15, -0.1) is 0 Å². The van der Waals surface area contributed by atoms with Gasteiger partial charge in [0.15, 0.2) is 0 Å². The van der Waals surface area contributed by atoms with E-state index in [0.717, 1.165) is 68.7 Å². The van der Waals surface area contributed by atoms with Crippen LogP contribution in [0.2, 0.25) is 0 Å². The number of aromatic amines is 1. The van der Waals surface area contributed by atoms with Crippen LogP contribution in [0, 0.1) is 12.3 Å². The minimum absolute atomic E-state index is 0.0813. The Hall–Kier alpha value is -2.41. The van der Waals surface area contributed by atoms with Crippen LogP contribution in [0.1, 0.15) is 48.3 Å². The first-order valence-corrected chi connectivity index (χ1v) is 10.5. The fourth-order valence-corrected chi connectivity index (χ4v) is 4.75. The van der Waals surface area contributed by atoms with Crippen LogP contribution in [0.5, 0.6) is 0 Å². The lowest BCUT2D eigenvalue weighted by Gasteiger charge is -2.47. The van der Waals surface area contributed by atoms with Crippen molar-refractivity contribution >= 4 is 22.8 Å². The van der Waals surface area contributed by atoms with E-state index in [4.69, 9.17) is 4.74 Å². The number of methoxy groups -OCH3 is 1. The third-order valence-corrected chi connectivity index (χ3v) is 6.48. The van der Waals surface area contributed by atoms with E-state index in [1.807, 2.05) is 34.9 Å². The van der Waals surface area contributed by atoms with Crippen molar-refractivity contribution in [2.24, 2.45) is 5.41 Å². The molecule has 1 spiro atoms. The van der Waals surface area contributed by atoms with Gasteiger partial charge in [-0.1, -0.05) is 0 Å². The number of amides is 2. The monoisotopic (exact) mass is 398 g/mol. The molecule has 3 heterocycles. The van der Waals surface area contributed by atoms with E-state index >= 15 is 0 Å². The Balaban J connectivity index is 1.38. The molecule has 2 aromatic rings. The quantitative estimate of drug-likeness (QED) is 0.786. The van der Waals surface area contributed by atoms with Crippen molar-refractivity contribution in [2.75, 3.05) is 39.9 Å². The molecule has 0 saturated carbocycles. The number of carbonyl (C=O) groups is 2. The van der Waals surface area contributed by atoms with Gasteiger partial charge in [-0.05, 0) is 56.2 Å². The summed E-state index contributed by atoms with van der Waals surface area (Å²) in [7, 11) is 1.69. The average Bonchev–Trinajstić information content (AvgIpc) is 3.10. The maximum absolute atomic E-state index is 13.0. The second-order valence-corrected chi connectivity index (χ2v) is 8.51. The molecule has 0 atom stereocenters. The number of likely N-dealkylation sites (tertiary alicyclic amines) is 2. The zero-order chi connectivity index (χ0) is 20.4. The number of aromatic nitrogens is 2. The highest BCUT2D eigenvalue weighted by atomic mass is 16.5. The van der Waals surface area contributed by atoms with Crippen molar-refractivity contribution in [3.63, 3.8) is 0 Å². The van der Waals surface area contributed by atoms with Gasteiger partial charge in [-0.25, -0.2) is 4.98 Å². The van der Waals surface area contributed by atoms with Crippen molar-refractivity contribution in [3.8, 4) is 0 Å². The Kier molecular flexibility index (Phi) is 5.58. The highest BCUT2D eigenvalue weighted by molar-refractivity contribution is 5.97. The number of rotatable bonds is 5. The van der Waals surface area contributed by atoms with Crippen LogP contribution in [0.15, 0.2) is 18.2 Å². The summed E-state index contributed by atoms with van der Waals surface area (Å²) in [4.78, 5) is 36.9. The molecule has 1 aromatic carbocycles. The second-order valence-electron chi connectivity index (χ2n) is 8.51. The van der Waals surface area contributed by atoms with Gasteiger partial charge in [0.1, 0.15) is 5.82 Å². The van der Waals surface area contributed by atoms with E-state index in [0.29, 0.717) is 18.6 Å². The highest BCUT2D eigenvalue weighted by Gasteiger charge is 2.41. The van der Waals surface area contributed by atoms with Crippen LogP contribution in [0.25, 0.3) is 11.0 Å². The zero-order valence-corrected chi connectivity index (χ0v) is 17.4. The molecule has 2 fully saturated rings. The molecule has 0 bridgehead atoms. The number of fused-ring (bicyclic) bond motifs is 1. The molecule has 0 aliphatic carbocycles. The fraction of sp³-hybridized carbons (Fsp3) is 0.591. The number of H-pyrrole nitrogens is 1. The van der Waals surface area contributed by atoms with Gasteiger partial charge in [0.2, 0.25) is 5.91 Å². The van der Waals surface area contributed by atoms with Crippen LogP contribution in [-0.2, 0) is 9.53 Å². The van der Waals surface area contributed by atoms with Gasteiger partial charge in [0.05, 0.1) is 11.0 Å². The lowest BCUT2D eigenvalue weighted by atomic mass is 9.72. The summed E-state index contributed by atoms with van der Waals surface area (Å²) in [5.41, 5.74) is 2.65. The first kappa shape index (κ1) is 19.9. The molecule has 0 unspecified atom stereocenters. The number of piperidine rings is 2. The number of ether oxygens (including phenoxy) is 1. The van der Waals surface area contributed by atoms with E-state index < -0.39 is 0 Å². The Morgan fingerprint density at radius 3 is 2.83 bits per heavy atom. The maximum atomic E-state index is 13.0. The summed E-state index contributed by atoms with van der Waals surface area (Å²) in [6.07, 6.45) is 4.35. The van der Waals surface area contributed by atoms with E-state index in [1.165, 1.54) is 0 Å². The standard InChI is InChI=1S/C22H30N4O3/c1-16-23-18-5-4-17(14-19(18)24-16)21(28)25-11-8-22(9-12-25)7-6-20(27)26(15-22)10-3-13-29-2/h4-5,14H,3,6-13,15H2,1-2H3,(H,23,24). The van der Waals surface area contributed by atoms with Gasteiger partial charge in [0, 0.05) is 51.9 Å². The van der Waals surface area contributed by atoms with Crippen LogP contribution >= 0.6 is 0 Å². The molecule has 4 rings (SSSR count). The summed E-state index contributed by atoms with van der Waals surface area (Å²) in [5.74, 6) is 1.19. The molecule has 2 saturated heterocycles. The zero-order valence-electron chi connectivity index (χ0n) is 17.4. The smallest absolute Gasteiger partial charge is 0.253 e. The topological polar surface area (TPSA) is 78.5 Å². The van der Waals surface area contributed by atoms with Crippen LogP contribution in [-0.4, -0.2) is 71.5 Å². The Morgan fingerprint density at radius 1 is 1.28 bits per heavy atom. The molecule has 7 nitrogen and oxygen atoms in total. The summed E-state index contributed by atoms with van der Waals surface area (Å²) in [6, 6.07) is 5.67. The van der Waals surface area contributed by atoms with E-state index in [9.17, 15) is 9.59 Å². The number of nitrogens with zero attached hydrogens (tertiary/aromatic N) is 3. The third-order valence-electron chi connectivity index (χ3n) is 6.48. The van der Waals surface area contributed by atoms with Crippen LogP contribution < -0.4 is 0 Å².